The highest BCUT2D eigenvalue weighted by molar-refractivity contribution is 7.99. The highest BCUT2D eigenvalue weighted by Crippen LogP contribution is 2.29. The van der Waals surface area contributed by atoms with Crippen molar-refractivity contribution in [1.29, 1.82) is 0 Å². The Labute approximate surface area is 172 Å². The van der Waals surface area contributed by atoms with Crippen LogP contribution in [-0.2, 0) is 4.79 Å². The fourth-order valence-corrected chi connectivity index (χ4v) is 4.21. The van der Waals surface area contributed by atoms with E-state index in [9.17, 15) is 9.59 Å². The van der Waals surface area contributed by atoms with Crippen LogP contribution in [0.3, 0.4) is 0 Å². The van der Waals surface area contributed by atoms with Crippen molar-refractivity contribution in [3.8, 4) is 11.5 Å². The normalized spacial score (nSPS) is 19.2. The molecule has 9 heteroatoms. The van der Waals surface area contributed by atoms with Crippen LogP contribution in [0.5, 0.6) is 0 Å². The van der Waals surface area contributed by atoms with Gasteiger partial charge in [0.05, 0.1) is 11.3 Å². The zero-order valence-corrected chi connectivity index (χ0v) is 16.9. The molecular weight excluding hydrogens is 390 g/mol. The van der Waals surface area contributed by atoms with Gasteiger partial charge in [-0.25, -0.2) is 4.79 Å². The first-order valence-electron chi connectivity index (χ1n) is 9.73. The van der Waals surface area contributed by atoms with Crippen molar-refractivity contribution in [2.75, 3.05) is 5.75 Å². The molecule has 1 aromatic carbocycles. The minimum absolute atomic E-state index is 0.0170. The van der Waals surface area contributed by atoms with E-state index in [-0.39, 0.29) is 17.0 Å². The Balaban J connectivity index is 1.29. The molecule has 0 bridgehead atoms. The first-order valence-corrected chi connectivity index (χ1v) is 10.7. The zero-order chi connectivity index (χ0) is 20.2. The topological polar surface area (TPSA) is 113 Å². The Morgan fingerprint density at radius 2 is 2.07 bits per heavy atom. The molecule has 152 valence electrons. The number of fused-ring (bicyclic) bond motifs is 1. The molecule has 1 aliphatic rings. The molecule has 8 nitrogen and oxygen atoms in total. The molecule has 3 N–H and O–H groups in total. The monoisotopic (exact) mass is 413 g/mol. The summed E-state index contributed by atoms with van der Waals surface area (Å²) in [5.41, 5.74) is 1.79. The number of carbonyl (C=O) groups is 2. The number of rotatable bonds is 5. The molecule has 1 aliphatic carbocycles. The number of thioether (sulfide) groups is 1. The molecule has 2 atom stereocenters. The van der Waals surface area contributed by atoms with Gasteiger partial charge in [-0.15, -0.1) is 10.2 Å². The molecule has 0 saturated heterocycles. The van der Waals surface area contributed by atoms with E-state index in [1.165, 1.54) is 6.42 Å². The SMILES string of the molecule is C[C@H]1CCCC[C@H]1NC(=O)NC(=O)CSc1nnc(-c2c[nH]c3ccccc23)o1. The standard InChI is InChI=1S/C20H23N5O3S/c1-12-6-2-4-8-15(12)22-19(27)23-17(26)11-29-20-25-24-18(28-20)14-10-21-16-9-5-3-7-13(14)16/h3,5,7,9-10,12,15,21H,2,4,6,8,11H2,1H3,(H2,22,23,26,27)/t12-,15+/m0/s1. The summed E-state index contributed by atoms with van der Waals surface area (Å²) in [4.78, 5) is 27.3. The third-order valence-electron chi connectivity index (χ3n) is 5.23. The summed E-state index contributed by atoms with van der Waals surface area (Å²) in [7, 11) is 0. The highest BCUT2D eigenvalue weighted by atomic mass is 32.2. The summed E-state index contributed by atoms with van der Waals surface area (Å²) >= 11 is 1.10. The first kappa shape index (κ1) is 19.5. The van der Waals surface area contributed by atoms with E-state index in [2.05, 4.69) is 32.7 Å². The van der Waals surface area contributed by atoms with Gasteiger partial charge >= 0.3 is 6.03 Å². The summed E-state index contributed by atoms with van der Waals surface area (Å²) in [6, 6.07) is 7.50. The van der Waals surface area contributed by atoms with Crippen molar-refractivity contribution in [3.63, 3.8) is 0 Å². The highest BCUT2D eigenvalue weighted by Gasteiger charge is 2.23. The maximum atomic E-state index is 12.1. The summed E-state index contributed by atoms with van der Waals surface area (Å²) in [5, 5.41) is 14.6. The lowest BCUT2D eigenvalue weighted by Gasteiger charge is -2.29. The van der Waals surface area contributed by atoms with Crippen LogP contribution in [0.2, 0.25) is 0 Å². The van der Waals surface area contributed by atoms with Crippen LogP contribution in [0.4, 0.5) is 4.79 Å². The fourth-order valence-electron chi connectivity index (χ4n) is 3.65. The summed E-state index contributed by atoms with van der Waals surface area (Å²) in [6.45, 7) is 2.13. The molecule has 1 fully saturated rings. The lowest BCUT2D eigenvalue weighted by atomic mass is 9.86. The molecule has 3 aromatic rings. The maximum absolute atomic E-state index is 12.1. The summed E-state index contributed by atoms with van der Waals surface area (Å²) < 4.78 is 5.67. The van der Waals surface area contributed by atoms with Gasteiger partial charge in [0.25, 0.3) is 11.1 Å². The average molecular weight is 414 g/mol. The number of benzene rings is 1. The average Bonchev–Trinajstić information content (AvgIpc) is 3.34. The number of nitrogens with zero attached hydrogens (tertiary/aromatic N) is 2. The fraction of sp³-hybridized carbons (Fsp3) is 0.400. The second-order valence-electron chi connectivity index (χ2n) is 7.30. The minimum atomic E-state index is -0.445. The van der Waals surface area contributed by atoms with Gasteiger partial charge in [0, 0.05) is 23.1 Å². The third-order valence-corrected chi connectivity index (χ3v) is 6.05. The molecule has 0 aliphatic heterocycles. The Kier molecular flexibility index (Phi) is 5.84. The molecular formula is C20H23N5O3S. The van der Waals surface area contributed by atoms with Crippen molar-refractivity contribution in [2.45, 2.75) is 43.9 Å². The molecule has 4 rings (SSSR count). The second kappa shape index (κ2) is 8.69. The Morgan fingerprint density at radius 3 is 2.93 bits per heavy atom. The zero-order valence-electron chi connectivity index (χ0n) is 16.1. The van der Waals surface area contributed by atoms with Crippen LogP contribution < -0.4 is 10.6 Å². The lowest BCUT2D eigenvalue weighted by Crippen LogP contribution is -2.48. The van der Waals surface area contributed by atoms with Gasteiger partial charge in [-0.2, -0.15) is 0 Å². The largest absolute Gasteiger partial charge is 0.411 e. The van der Waals surface area contributed by atoms with Crippen molar-refractivity contribution < 1.29 is 14.0 Å². The number of amides is 3. The van der Waals surface area contributed by atoms with Crippen molar-refractivity contribution in [2.24, 2.45) is 5.92 Å². The van der Waals surface area contributed by atoms with E-state index >= 15 is 0 Å². The van der Waals surface area contributed by atoms with Crippen molar-refractivity contribution >= 4 is 34.6 Å². The van der Waals surface area contributed by atoms with Gasteiger partial charge in [-0.3, -0.25) is 10.1 Å². The lowest BCUT2D eigenvalue weighted by molar-refractivity contribution is -0.117. The molecule has 2 heterocycles. The summed E-state index contributed by atoms with van der Waals surface area (Å²) in [5.74, 6) is 0.431. The number of H-pyrrole nitrogens is 1. The van der Waals surface area contributed by atoms with Crippen LogP contribution in [0.15, 0.2) is 40.1 Å². The van der Waals surface area contributed by atoms with Crippen molar-refractivity contribution in [1.82, 2.24) is 25.8 Å². The smallest absolute Gasteiger partial charge is 0.321 e. The predicted molar refractivity (Wildman–Crippen MR) is 110 cm³/mol. The van der Waals surface area contributed by atoms with Crippen LogP contribution in [0.1, 0.15) is 32.6 Å². The van der Waals surface area contributed by atoms with Crippen molar-refractivity contribution in [3.05, 3.63) is 30.5 Å². The summed E-state index contributed by atoms with van der Waals surface area (Å²) in [6.07, 6.45) is 6.17. The number of para-hydroxylation sites is 1. The van der Waals surface area contributed by atoms with Crippen LogP contribution in [0.25, 0.3) is 22.4 Å². The number of nitrogens with one attached hydrogen (secondary N) is 3. The minimum Gasteiger partial charge on any atom is -0.411 e. The van der Waals surface area contributed by atoms with Gasteiger partial charge in [0.2, 0.25) is 5.91 Å². The second-order valence-corrected chi connectivity index (χ2v) is 8.23. The Morgan fingerprint density at radius 1 is 1.24 bits per heavy atom. The quantitative estimate of drug-likeness (QED) is 0.550. The van der Waals surface area contributed by atoms with E-state index in [0.717, 1.165) is 47.5 Å². The van der Waals surface area contributed by atoms with E-state index in [1.54, 1.807) is 0 Å². The first-order chi connectivity index (χ1) is 14.1. The predicted octanol–water partition coefficient (Wildman–Crippen LogP) is 3.71. The Hall–Kier alpha value is -2.81. The number of urea groups is 1. The number of hydrogen-bond donors (Lipinski definition) is 3. The number of imide groups is 1. The van der Waals surface area contributed by atoms with E-state index in [4.69, 9.17) is 4.42 Å². The van der Waals surface area contributed by atoms with Crippen LogP contribution in [0, 0.1) is 5.92 Å². The number of aromatic nitrogens is 3. The van der Waals surface area contributed by atoms with Gasteiger partial charge in [0.15, 0.2) is 0 Å². The van der Waals surface area contributed by atoms with Gasteiger partial charge < -0.3 is 14.7 Å². The van der Waals surface area contributed by atoms with E-state index in [0.29, 0.717) is 11.8 Å². The molecule has 3 amide bonds. The molecule has 2 aromatic heterocycles. The van der Waals surface area contributed by atoms with Gasteiger partial charge in [0.1, 0.15) is 0 Å². The maximum Gasteiger partial charge on any atom is 0.321 e. The van der Waals surface area contributed by atoms with Gasteiger partial charge in [-0.05, 0) is 24.8 Å². The molecule has 0 spiro atoms. The number of aromatic amines is 1. The third kappa shape index (κ3) is 4.61. The van der Waals surface area contributed by atoms with Crippen LogP contribution in [-0.4, -0.2) is 38.9 Å². The van der Waals surface area contributed by atoms with E-state index in [1.807, 2.05) is 30.5 Å². The molecule has 29 heavy (non-hydrogen) atoms. The molecule has 0 unspecified atom stereocenters. The molecule has 1 saturated carbocycles. The number of hydrogen-bond acceptors (Lipinski definition) is 6. The van der Waals surface area contributed by atoms with Crippen LogP contribution >= 0.6 is 11.8 Å². The molecule has 0 radical (unpaired) electrons. The number of carbonyl (C=O) groups excluding carboxylic acids is 2. The van der Waals surface area contributed by atoms with Gasteiger partial charge in [-0.1, -0.05) is 49.7 Å². The van der Waals surface area contributed by atoms with E-state index < -0.39 is 11.9 Å². The Bertz CT molecular complexity index is 1010.